The molecule has 0 aromatic rings. The molecular formula is C12H22O3S. The molecule has 0 unspecified atom stereocenters. The molecule has 1 fully saturated rings. The summed E-state index contributed by atoms with van der Waals surface area (Å²) in [5, 5.41) is 0. The van der Waals surface area contributed by atoms with Gasteiger partial charge in [-0.3, -0.25) is 9.00 Å². The second-order valence-electron chi connectivity index (χ2n) is 5.65. The number of hydrogen-bond donors (Lipinski definition) is 0. The third-order valence-electron chi connectivity index (χ3n) is 3.24. The van der Waals surface area contributed by atoms with Crippen molar-refractivity contribution in [1.29, 1.82) is 0 Å². The molecule has 1 rings (SSSR count). The van der Waals surface area contributed by atoms with Crippen molar-refractivity contribution in [2.75, 3.05) is 18.6 Å². The third kappa shape index (κ3) is 2.66. The molecule has 4 heteroatoms. The van der Waals surface area contributed by atoms with Crippen LogP contribution in [0, 0.1) is 5.41 Å². The van der Waals surface area contributed by atoms with Gasteiger partial charge in [-0.2, -0.15) is 0 Å². The van der Waals surface area contributed by atoms with E-state index in [1.165, 1.54) is 0 Å². The van der Waals surface area contributed by atoms with E-state index in [0.29, 0.717) is 24.3 Å². The number of ether oxygens (including phenoxy) is 1. The Kier molecular flexibility index (Phi) is 3.56. The van der Waals surface area contributed by atoms with Gasteiger partial charge in [0.05, 0.1) is 0 Å². The van der Waals surface area contributed by atoms with Crippen molar-refractivity contribution in [3.05, 3.63) is 0 Å². The molecule has 0 radical (unpaired) electrons. The van der Waals surface area contributed by atoms with Crippen LogP contribution >= 0.6 is 0 Å². The first-order valence-electron chi connectivity index (χ1n) is 5.56. The standard InChI is InChI=1S/C12H22O3S/c1-11(2,3)10(13)12(15-4)6-8-16(5,14)9-7-12/h5-9H2,1-4H3. The van der Waals surface area contributed by atoms with Crippen LogP contribution in [0.15, 0.2) is 0 Å². The zero-order valence-corrected chi connectivity index (χ0v) is 11.5. The van der Waals surface area contributed by atoms with Crippen LogP contribution in [0.25, 0.3) is 0 Å². The maximum absolute atomic E-state index is 12.3. The zero-order valence-electron chi connectivity index (χ0n) is 10.7. The molecule has 0 amide bonds. The van der Waals surface area contributed by atoms with Gasteiger partial charge < -0.3 is 4.74 Å². The average Bonchev–Trinajstić information content (AvgIpc) is 2.17. The van der Waals surface area contributed by atoms with Crippen molar-refractivity contribution in [3.63, 3.8) is 0 Å². The lowest BCUT2D eigenvalue weighted by Crippen LogP contribution is -2.51. The third-order valence-corrected chi connectivity index (χ3v) is 5.14. The summed E-state index contributed by atoms with van der Waals surface area (Å²) in [6.07, 6.45) is 1.06. The van der Waals surface area contributed by atoms with Crippen molar-refractivity contribution in [2.24, 2.45) is 5.41 Å². The van der Waals surface area contributed by atoms with Gasteiger partial charge >= 0.3 is 0 Å². The highest BCUT2D eigenvalue weighted by Crippen LogP contribution is 2.34. The lowest BCUT2D eigenvalue weighted by atomic mass is 9.77. The quantitative estimate of drug-likeness (QED) is 0.693. The van der Waals surface area contributed by atoms with Gasteiger partial charge in [0.15, 0.2) is 5.78 Å². The van der Waals surface area contributed by atoms with E-state index in [-0.39, 0.29) is 5.78 Å². The van der Waals surface area contributed by atoms with E-state index in [1.807, 2.05) is 20.8 Å². The Morgan fingerprint density at radius 3 is 2.06 bits per heavy atom. The molecule has 0 saturated carbocycles. The summed E-state index contributed by atoms with van der Waals surface area (Å²) in [5.41, 5.74) is -1.16. The summed E-state index contributed by atoms with van der Waals surface area (Å²) in [6.45, 7) is 5.69. The molecule has 94 valence electrons. The topological polar surface area (TPSA) is 43.4 Å². The minimum atomic E-state index is -1.98. The van der Waals surface area contributed by atoms with Crippen LogP contribution in [0.2, 0.25) is 0 Å². The minimum Gasteiger partial charge on any atom is -0.370 e. The molecule has 0 N–H and O–H groups in total. The number of hydrogen-bond acceptors (Lipinski definition) is 3. The Bertz CT molecular complexity index is 360. The van der Waals surface area contributed by atoms with Crippen LogP contribution in [0.4, 0.5) is 0 Å². The first kappa shape index (κ1) is 13.7. The van der Waals surface area contributed by atoms with Crippen molar-refractivity contribution in [2.45, 2.75) is 39.2 Å². The van der Waals surface area contributed by atoms with Gasteiger partial charge in [0.2, 0.25) is 0 Å². The number of ketones is 1. The molecule has 3 nitrogen and oxygen atoms in total. The molecule has 1 saturated heterocycles. The maximum atomic E-state index is 12.3. The van der Waals surface area contributed by atoms with E-state index in [2.05, 4.69) is 5.87 Å². The van der Waals surface area contributed by atoms with Gasteiger partial charge in [0.1, 0.15) is 5.60 Å². The Morgan fingerprint density at radius 1 is 1.31 bits per heavy atom. The number of methoxy groups -OCH3 is 1. The lowest BCUT2D eigenvalue weighted by Gasteiger charge is -2.39. The predicted octanol–water partition coefficient (Wildman–Crippen LogP) is 1.50. The summed E-state index contributed by atoms with van der Waals surface area (Å²) in [6, 6.07) is 0. The largest absolute Gasteiger partial charge is 0.370 e. The van der Waals surface area contributed by atoms with Crippen LogP contribution in [0.5, 0.6) is 0 Å². The zero-order chi connectivity index (χ0) is 12.6. The first-order chi connectivity index (χ1) is 7.13. The first-order valence-corrected chi connectivity index (χ1v) is 7.62. The predicted molar refractivity (Wildman–Crippen MR) is 68.4 cm³/mol. The summed E-state index contributed by atoms with van der Waals surface area (Å²) in [5.74, 6) is 4.80. The fourth-order valence-corrected chi connectivity index (χ4v) is 3.74. The Balaban J connectivity index is 2.94. The molecule has 1 aliphatic heterocycles. The fraction of sp³-hybridized carbons (Fsp3) is 0.833. The van der Waals surface area contributed by atoms with Crippen molar-refractivity contribution >= 4 is 21.2 Å². The second kappa shape index (κ2) is 4.15. The van der Waals surface area contributed by atoms with Gasteiger partial charge in [-0.05, 0) is 28.2 Å². The van der Waals surface area contributed by atoms with E-state index in [9.17, 15) is 9.00 Å². The van der Waals surface area contributed by atoms with Crippen LogP contribution in [0.3, 0.4) is 0 Å². The summed E-state index contributed by atoms with van der Waals surface area (Å²) < 4.78 is 17.3. The Labute approximate surface area is 98.6 Å². The number of carbonyl (C=O) groups excluding carboxylic acids is 1. The van der Waals surface area contributed by atoms with Crippen LogP contribution in [-0.2, 0) is 19.1 Å². The lowest BCUT2D eigenvalue weighted by molar-refractivity contribution is -0.150. The smallest absolute Gasteiger partial charge is 0.169 e. The average molecular weight is 246 g/mol. The SMILES string of the molecule is C=S1(=O)CCC(OC)(C(=O)C(C)(C)C)CC1. The van der Waals surface area contributed by atoms with Gasteiger partial charge in [-0.1, -0.05) is 20.8 Å². The molecule has 1 aliphatic rings. The van der Waals surface area contributed by atoms with Crippen molar-refractivity contribution in [3.8, 4) is 0 Å². The molecule has 0 aromatic carbocycles. The fourth-order valence-electron chi connectivity index (χ4n) is 2.14. The summed E-state index contributed by atoms with van der Waals surface area (Å²) in [7, 11) is -0.406. The molecule has 0 aliphatic carbocycles. The molecule has 0 spiro atoms. The minimum absolute atomic E-state index is 0.109. The molecular weight excluding hydrogens is 224 g/mol. The van der Waals surface area contributed by atoms with Crippen LogP contribution in [-0.4, -0.2) is 40.1 Å². The molecule has 0 aromatic heterocycles. The molecule has 0 atom stereocenters. The summed E-state index contributed by atoms with van der Waals surface area (Å²) >= 11 is 0. The van der Waals surface area contributed by atoms with Crippen molar-refractivity contribution < 1.29 is 13.7 Å². The number of rotatable bonds is 2. The summed E-state index contributed by atoms with van der Waals surface area (Å²) in [4.78, 5) is 12.3. The van der Waals surface area contributed by atoms with E-state index in [0.717, 1.165) is 0 Å². The maximum Gasteiger partial charge on any atom is 0.169 e. The van der Waals surface area contributed by atoms with Gasteiger partial charge in [0, 0.05) is 24.0 Å². The second-order valence-corrected chi connectivity index (χ2v) is 8.40. The Hall–Kier alpha value is -0.350. The molecule has 0 bridgehead atoms. The van der Waals surface area contributed by atoms with Gasteiger partial charge in [0.25, 0.3) is 0 Å². The molecule has 1 heterocycles. The van der Waals surface area contributed by atoms with Crippen LogP contribution < -0.4 is 0 Å². The highest BCUT2D eigenvalue weighted by atomic mass is 32.2. The highest BCUT2D eigenvalue weighted by Gasteiger charge is 2.46. The van der Waals surface area contributed by atoms with Crippen molar-refractivity contribution in [1.82, 2.24) is 0 Å². The molecule has 16 heavy (non-hydrogen) atoms. The van der Waals surface area contributed by atoms with E-state index < -0.39 is 20.5 Å². The van der Waals surface area contributed by atoms with E-state index in [1.54, 1.807) is 7.11 Å². The normalized spacial score (nSPS) is 36.0. The number of carbonyl (C=O) groups is 1. The monoisotopic (exact) mass is 246 g/mol. The number of Topliss-reactive ketones (excluding diaryl/α,β-unsaturated/α-hetero) is 1. The van der Waals surface area contributed by atoms with E-state index >= 15 is 0 Å². The highest BCUT2D eigenvalue weighted by molar-refractivity contribution is 8.00. The van der Waals surface area contributed by atoms with Gasteiger partial charge in [-0.25, -0.2) is 0 Å². The van der Waals surface area contributed by atoms with Gasteiger partial charge in [-0.15, -0.1) is 0 Å². The van der Waals surface area contributed by atoms with E-state index in [4.69, 9.17) is 4.74 Å². The Morgan fingerprint density at radius 2 is 1.75 bits per heavy atom. The van der Waals surface area contributed by atoms with Crippen LogP contribution in [0.1, 0.15) is 33.6 Å².